The Hall–Kier alpha value is -3.87. The van der Waals surface area contributed by atoms with E-state index in [4.69, 9.17) is 20.9 Å². The fraction of sp³-hybridized carbons (Fsp3) is 0.500. The molecule has 4 aromatic rings. The Morgan fingerprint density at radius 2 is 1.82 bits per heavy atom. The Labute approximate surface area is 324 Å². The molecular formula is C42H47BClF3N4O4. The van der Waals surface area contributed by atoms with Crippen molar-refractivity contribution in [3.05, 3.63) is 105 Å². The molecule has 1 aromatic heterocycles. The number of hydrogen-bond acceptors (Lipinski definition) is 6. The highest BCUT2D eigenvalue weighted by atomic mass is 35.5. The molecule has 8 nitrogen and oxygen atoms in total. The van der Waals surface area contributed by atoms with Gasteiger partial charge in [-0.1, -0.05) is 87.0 Å². The summed E-state index contributed by atoms with van der Waals surface area (Å²) in [6.45, 7) is 8.64. The van der Waals surface area contributed by atoms with Crippen molar-refractivity contribution >= 4 is 41.2 Å². The number of rotatable bonds is 11. The zero-order chi connectivity index (χ0) is 38.9. The van der Waals surface area contributed by atoms with Gasteiger partial charge in [0.2, 0.25) is 5.91 Å². The third-order valence-corrected chi connectivity index (χ3v) is 13.5. The fourth-order valence-corrected chi connectivity index (χ4v) is 10.3. The summed E-state index contributed by atoms with van der Waals surface area (Å²) in [5.41, 5.74) is 0.402. The highest BCUT2D eigenvalue weighted by molar-refractivity contribution is 6.47. The second-order valence-corrected chi connectivity index (χ2v) is 17.1. The molecule has 4 fully saturated rings. The second kappa shape index (κ2) is 14.3. The van der Waals surface area contributed by atoms with Crippen molar-refractivity contribution in [2.24, 2.45) is 17.3 Å². The summed E-state index contributed by atoms with van der Waals surface area (Å²) in [4.78, 5) is 33.0. The van der Waals surface area contributed by atoms with Crippen LogP contribution in [0.2, 0.25) is 5.15 Å². The molecule has 9 rings (SSSR count). The van der Waals surface area contributed by atoms with Crippen molar-refractivity contribution in [3.63, 3.8) is 0 Å². The fourth-order valence-electron chi connectivity index (χ4n) is 9.98. The molecule has 3 unspecified atom stereocenters. The van der Waals surface area contributed by atoms with Crippen LogP contribution in [-0.4, -0.2) is 40.2 Å². The number of benzene rings is 3. The molecule has 55 heavy (non-hydrogen) atoms. The van der Waals surface area contributed by atoms with Crippen LogP contribution in [0.1, 0.15) is 101 Å². The average Bonchev–Trinajstić information content (AvgIpc) is 3.73. The number of carbonyl (C=O) groups excluding carboxylic acids is 1. The van der Waals surface area contributed by atoms with E-state index in [-0.39, 0.29) is 40.9 Å². The van der Waals surface area contributed by atoms with Crippen LogP contribution in [-0.2, 0) is 33.2 Å². The molecule has 1 saturated heterocycles. The normalized spacial score (nSPS) is 27.0. The van der Waals surface area contributed by atoms with E-state index in [1.807, 2.05) is 19.1 Å². The van der Waals surface area contributed by atoms with Crippen LogP contribution < -0.4 is 16.2 Å². The van der Waals surface area contributed by atoms with E-state index in [2.05, 4.69) is 66.7 Å². The van der Waals surface area contributed by atoms with Gasteiger partial charge < -0.3 is 19.9 Å². The van der Waals surface area contributed by atoms with Crippen molar-refractivity contribution in [1.82, 2.24) is 14.9 Å². The molecule has 3 aliphatic carbocycles. The number of nitrogens with one attached hydrogen (secondary N) is 2. The Balaban J connectivity index is 1.04. The van der Waals surface area contributed by atoms with Gasteiger partial charge in [-0.3, -0.25) is 14.2 Å². The van der Waals surface area contributed by atoms with Crippen molar-refractivity contribution in [2.75, 3.05) is 5.32 Å². The summed E-state index contributed by atoms with van der Waals surface area (Å²) >= 11 is 6.87. The first-order chi connectivity index (χ1) is 26.2. The van der Waals surface area contributed by atoms with E-state index in [1.54, 1.807) is 0 Å². The predicted molar refractivity (Wildman–Crippen MR) is 208 cm³/mol. The van der Waals surface area contributed by atoms with Gasteiger partial charge in [-0.2, -0.15) is 13.2 Å². The maximum atomic E-state index is 14.4. The molecule has 2 N–H and O–H groups in total. The van der Waals surface area contributed by atoms with E-state index in [9.17, 15) is 22.8 Å². The van der Waals surface area contributed by atoms with E-state index < -0.39 is 42.0 Å². The Kier molecular flexibility index (Phi) is 9.86. The molecule has 13 heteroatoms. The number of carbonyl (C=O) groups is 1. The van der Waals surface area contributed by atoms with Gasteiger partial charge in [0.25, 0.3) is 5.56 Å². The van der Waals surface area contributed by atoms with E-state index in [0.29, 0.717) is 42.4 Å². The smallest absolute Gasteiger partial charge is 0.404 e. The monoisotopic (exact) mass is 774 g/mol. The molecule has 1 amide bonds. The number of aromatic nitrogens is 2. The summed E-state index contributed by atoms with van der Waals surface area (Å²) in [5, 5.41) is 8.53. The topological polar surface area (TPSA) is 94.5 Å². The number of anilines is 1. The third kappa shape index (κ3) is 6.86. The highest BCUT2D eigenvalue weighted by Crippen LogP contribution is 2.65. The van der Waals surface area contributed by atoms with Gasteiger partial charge in [-0.25, -0.2) is 4.98 Å². The van der Waals surface area contributed by atoms with Crippen LogP contribution in [0.5, 0.6) is 0 Å². The molecule has 0 radical (unpaired) electrons. The number of hydrogen-bond donors (Lipinski definition) is 2. The van der Waals surface area contributed by atoms with Crippen LogP contribution >= 0.6 is 11.6 Å². The lowest BCUT2D eigenvalue weighted by Gasteiger charge is -2.64. The molecule has 3 heterocycles. The van der Waals surface area contributed by atoms with Gasteiger partial charge in [0.15, 0.2) is 11.0 Å². The number of aryl methyl sites for hydroxylation is 1. The first-order valence-corrected chi connectivity index (χ1v) is 19.9. The molecule has 0 spiro atoms. The molecule has 3 saturated carbocycles. The summed E-state index contributed by atoms with van der Waals surface area (Å²) in [7, 11) is -0.625. The lowest BCUT2D eigenvalue weighted by molar-refractivity contribution is -0.199. The van der Waals surface area contributed by atoms with E-state index >= 15 is 0 Å². The van der Waals surface area contributed by atoms with Crippen LogP contribution in [0.15, 0.2) is 71.5 Å². The molecule has 3 aromatic carbocycles. The summed E-state index contributed by atoms with van der Waals surface area (Å²) in [5.74, 6) is -0.186. The molecular weight excluding hydrogens is 728 g/mol. The Morgan fingerprint density at radius 1 is 1.04 bits per heavy atom. The molecule has 5 aliphatic rings. The minimum Gasteiger partial charge on any atom is -0.404 e. The third-order valence-electron chi connectivity index (χ3n) is 13.2. The number of amides is 1. The van der Waals surface area contributed by atoms with Crippen LogP contribution in [0, 0.1) is 17.3 Å². The lowest BCUT2D eigenvalue weighted by atomic mass is 9.43. The lowest BCUT2D eigenvalue weighted by Crippen LogP contribution is -2.65. The maximum Gasteiger partial charge on any atom is 0.481 e. The van der Waals surface area contributed by atoms with Gasteiger partial charge in [-0.15, -0.1) is 0 Å². The van der Waals surface area contributed by atoms with Gasteiger partial charge >= 0.3 is 13.3 Å². The highest BCUT2D eigenvalue weighted by Gasteiger charge is 2.68. The van der Waals surface area contributed by atoms with Gasteiger partial charge in [-0.05, 0) is 103 Å². The number of fused-ring (bicyclic) bond motifs is 2. The predicted octanol–water partition coefficient (Wildman–Crippen LogP) is 8.89. The average molecular weight is 775 g/mol. The van der Waals surface area contributed by atoms with Crippen molar-refractivity contribution in [2.45, 2.75) is 115 Å². The first kappa shape index (κ1) is 38.0. The summed E-state index contributed by atoms with van der Waals surface area (Å²) in [6.07, 6.45) is 0.646. The first-order valence-electron chi connectivity index (χ1n) is 19.5. The van der Waals surface area contributed by atoms with Crippen LogP contribution in [0.4, 0.5) is 19.0 Å². The molecule has 2 aliphatic heterocycles. The van der Waals surface area contributed by atoms with Crippen LogP contribution in [0.3, 0.4) is 0 Å². The summed E-state index contributed by atoms with van der Waals surface area (Å²) < 4.78 is 54.9. The minimum absolute atomic E-state index is 0.0441. The van der Waals surface area contributed by atoms with Crippen molar-refractivity contribution in [1.29, 1.82) is 0 Å². The zero-order valence-electron chi connectivity index (χ0n) is 31.6. The maximum absolute atomic E-state index is 14.4. The van der Waals surface area contributed by atoms with Crippen LogP contribution in [0.25, 0.3) is 10.8 Å². The minimum atomic E-state index is -4.51. The van der Waals surface area contributed by atoms with Gasteiger partial charge in [0, 0.05) is 12.5 Å². The number of alkyl halides is 3. The number of nitrogens with zero attached hydrogens (tertiary/aromatic N) is 2. The van der Waals surface area contributed by atoms with E-state index in [0.717, 1.165) is 37.8 Å². The number of halogens is 4. The zero-order valence-corrected chi connectivity index (χ0v) is 32.3. The standard InChI is InChI=1S/C42H47BClF3N4O4/c1-5-34(43-54-33-22-30-21-32(40(30,2)3)41(33,4)55-43)49-38(52)31-20-28(14-8-10-24-16-17-26-12-6-7-13-27(26)18-24)35-36(44)50-37(39(53)51(31)35)48-23-25-11-9-15-29(19-25)42(45,46)47/h6-7,9,11-13,15-19,28,30-34H,5,8,10,14,20-23H2,1-4H3,(H,48,50)(H,49,52)/t28-,30?,31+,32?,33?,34+,41-/m1/s1. The SMILES string of the molecule is CC[C@H](NC(=O)[C@@H]1C[C@@H](CCCc2ccc3ccccc3c2)c2c(Cl)nc(NCc3cccc(C(F)(F)F)c3)c(=O)n21)B1OC2CC3CC(C3(C)C)[C@@]2(C)O1. The Bertz CT molecular complexity index is 2180. The van der Waals surface area contributed by atoms with Crippen molar-refractivity contribution in [3.8, 4) is 0 Å². The molecule has 7 atom stereocenters. The quantitative estimate of drug-likeness (QED) is 0.148. The second-order valence-electron chi connectivity index (χ2n) is 16.7. The van der Waals surface area contributed by atoms with Gasteiger partial charge in [0.05, 0.1) is 28.9 Å². The molecule has 2 bridgehead atoms. The summed E-state index contributed by atoms with van der Waals surface area (Å²) in [6, 6.07) is 18.6. The van der Waals surface area contributed by atoms with E-state index in [1.165, 1.54) is 33.0 Å². The largest absolute Gasteiger partial charge is 0.481 e. The van der Waals surface area contributed by atoms with Crippen molar-refractivity contribution < 1.29 is 27.3 Å². The Morgan fingerprint density at radius 3 is 2.56 bits per heavy atom. The molecule has 290 valence electrons. The van der Waals surface area contributed by atoms with Gasteiger partial charge in [0.1, 0.15) is 6.04 Å².